The van der Waals surface area contributed by atoms with Crippen LogP contribution in [0.4, 0.5) is 0 Å². The minimum Gasteiger partial charge on any atom is -0.368 e. The highest BCUT2D eigenvalue weighted by Gasteiger charge is 2.29. The lowest BCUT2D eigenvalue weighted by molar-refractivity contribution is -0.138. The molecule has 0 aromatic heterocycles. The molecule has 2 amide bonds. The van der Waals surface area contributed by atoms with Gasteiger partial charge in [0.15, 0.2) is 0 Å². The Balaban J connectivity index is 2.69. The third kappa shape index (κ3) is 3.56. The van der Waals surface area contributed by atoms with E-state index in [4.69, 9.17) is 5.73 Å². The molecule has 1 rings (SSSR count). The van der Waals surface area contributed by atoms with Crippen molar-refractivity contribution in [3.05, 3.63) is 12.2 Å². The minimum atomic E-state index is -0.529. The van der Waals surface area contributed by atoms with Crippen LogP contribution in [0.3, 0.4) is 0 Å². The van der Waals surface area contributed by atoms with E-state index in [0.29, 0.717) is 18.9 Å². The van der Waals surface area contributed by atoms with Gasteiger partial charge in [-0.25, -0.2) is 0 Å². The van der Waals surface area contributed by atoms with Gasteiger partial charge in [0, 0.05) is 13.6 Å². The fourth-order valence-electron chi connectivity index (χ4n) is 1.92. The number of nitrogens with one attached hydrogen (secondary N) is 1. The van der Waals surface area contributed by atoms with E-state index in [-0.39, 0.29) is 11.9 Å². The molecule has 5 heteroatoms. The maximum absolute atomic E-state index is 12.1. The van der Waals surface area contributed by atoms with Gasteiger partial charge in [0.25, 0.3) is 0 Å². The lowest BCUT2D eigenvalue weighted by Crippen LogP contribution is -2.51. The van der Waals surface area contributed by atoms with E-state index in [0.717, 1.165) is 0 Å². The quantitative estimate of drug-likeness (QED) is 0.656. The largest absolute Gasteiger partial charge is 0.368 e. The van der Waals surface area contributed by atoms with Gasteiger partial charge in [-0.1, -0.05) is 26.0 Å². The van der Waals surface area contributed by atoms with Crippen molar-refractivity contribution in [1.29, 1.82) is 0 Å². The standard InChI is InChI=1S/C12H21N3O2/c1-8(2)7-10(11(13)16)15(3)12(17)9-5-4-6-14-9/h4-5,8-10,14H,6-7H2,1-3H3,(H2,13,16)/t9?,10-/m1/s1. The van der Waals surface area contributed by atoms with Crippen LogP contribution in [-0.4, -0.2) is 42.4 Å². The lowest BCUT2D eigenvalue weighted by Gasteiger charge is -2.28. The number of likely N-dealkylation sites (N-methyl/N-ethyl adjacent to an activating group) is 1. The topological polar surface area (TPSA) is 75.4 Å². The van der Waals surface area contributed by atoms with Crippen LogP contribution in [0.1, 0.15) is 20.3 Å². The average molecular weight is 239 g/mol. The molecule has 1 heterocycles. The van der Waals surface area contributed by atoms with Gasteiger partial charge in [0.05, 0.1) is 0 Å². The van der Waals surface area contributed by atoms with Crippen molar-refractivity contribution in [3.8, 4) is 0 Å². The van der Waals surface area contributed by atoms with Crippen LogP contribution >= 0.6 is 0 Å². The molecule has 1 aliphatic rings. The predicted octanol–water partition coefficient (Wildman–Crippen LogP) is -0.127. The second-order valence-corrected chi connectivity index (χ2v) is 4.81. The molecule has 0 aromatic rings. The second-order valence-electron chi connectivity index (χ2n) is 4.81. The average Bonchev–Trinajstić information content (AvgIpc) is 2.76. The highest BCUT2D eigenvalue weighted by molar-refractivity contribution is 5.90. The van der Waals surface area contributed by atoms with E-state index in [1.165, 1.54) is 4.90 Å². The van der Waals surface area contributed by atoms with Crippen molar-refractivity contribution in [3.63, 3.8) is 0 Å². The summed E-state index contributed by atoms with van der Waals surface area (Å²) in [7, 11) is 1.63. The Bertz CT molecular complexity index is 326. The second kappa shape index (κ2) is 5.82. The Morgan fingerprint density at radius 1 is 1.53 bits per heavy atom. The van der Waals surface area contributed by atoms with E-state index in [9.17, 15) is 9.59 Å². The molecule has 0 aliphatic carbocycles. The Morgan fingerprint density at radius 2 is 2.18 bits per heavy atom. The van der Waals surface area contributed by atoms with Crippen LogP contribution in [0.2, 0.25) is 0 Å². The van der Waals surface area contributed by atoms with Gasteiger partial charge < -0.3 is 10.6 Å². The van der Waals surface area contributed by atoms with Gasteiger partial charge in [-0.05, 0) is 12.3 Å². The monoisotopic (exact) mass is 239 g/mol. The molecule has 96 valence electrons. The first-order chi connectivity index (χ1) is 7.93. The van der Waals surface area contributed by atoms with Crippen LogP contribution in [0.15, 0.2) is 12.2 Å². The molecule has 2 atom stereocenters. The third-order valence-corrected chi connectivity index (χ3v) is 2.89. The van der Waals surface area contributed by atoms with E-state index < -0.39 is 11.9 Å². The molecule has 5 nitrogen and oxygen atoms in total. The lowest BCUT2D eigenvalue weighted by atomic mass is 10.0. The van der Waals surface area contributed by atoms with Crippen LogP contribution in [0.25, 0.3) is 0 Å². The smallest absolute Gasteiger partial charge is 0.244 e. The highest BCUT2D eigenvalue weighted by atomic mass is 16.2. The molecular formula is C12H21N3O2. The van der Waals surface area contributed by atoms with Crippen LogP contribution in [0, 0.1) is 5.92 Å². The molecule has 0 radical (unpaired) electrons. The van der Waals surface area contributed by atoms with E-state index in [2.05, 4.69) is 5.32 Å². The van der Waals surface area contributed by atoms with Crippen molar-refractivity contribution in [2.75, 3.05) is 13.6 Å². The predicted molar refractivity (Wildman–Crippen MR) is 66.1 cm³/mol. The van der Waals surface area contributed by atoms with Crippen molar-refractivity contribution in [1.82, 2.24) is 10.2 Å². The Labute approximate surface area is 102 Å². The number of carbonyl (C=O) groups excluding carboxylic acids is 2. The molecule has 3 N–H and O–H groups in total. The zero-order valence-corrected chi connectivity index (χ0v) is 10.6. The number of carbonyl (C=O) groups is 2. The molecule has 17 heavy (non-hydrogen) atoms. The molecular weight excluding hydrogens is 218 g/mol. The van der Waals surface area contributed by atoms with Crippen molar-refractivity contribution >= 4 is 11.8 Å². The molecule has 0 fully saturated rings. The number of nitrogens with two attached hydrogens (primary N) is 1. The minimum absolute atomic E-state index is 0.108. The summed E-state index contributed by atoms with van der Waals surface area (Å²) >= 11 is 0. The van der Waals surface area contributed by atoms with Gasteiger partial charge in [0.1, 0.15) is 12.1 Å². The molecule has 1 unspecified atom stereocenters. The Hall–Kier alpha value is -1.36. The van der Waals surface area contributed by atoms with Gasteiger partial charge >= 0.3 is 0 Å². The number of hydrogen-bond acceptors (Lipinski definition) is 3. The van der Waals surface area contributed by atoms with Crippen molar-refractivity contribution in [2.24, 2.45) is 11.7 Å². The number of nitrogens with zero attached hydrogens (tertiary/aromatic N) is 1. The summed E-state index contributed by atoms with van der Waals surface area (Å²) in [6.07, 6.45) is 4.30. The van der Waals surface area contributed by atoms with Crippen LogP contribution in [0.5, 0.6) is 0 Å². The Kier molecular flexibility index (Phi) is 4.69. The van der Waals surface area contributed by atoms with Gasteiger partial charge in [0.2, 0.25) is 11.8 Å². The molecule has 0 bridgehead atoms. The zero-order chi connectivity index (χ0) is 13.0. The summed E-state index contributed by atoms with van der Waals surface area (Å²) < 4.78 is 0. The number of primary amides is 1. The SMILES string of the molecule is CC(C)C[C@H](C(N)=O)N(C)C(=O)C1C=CCN1. The maximum atomic E-state index is 12.1. The fourth-order valence-corrected chi connectivity index (χ4v) is 1.92. The third-order valence-electron chi connectivity index (χ3n) is 2.89. The number of hydrogen-bond donors (Lipinski definition) is 2. The van der Waals surface area contributed by atoms with Gasteiger partial charge in [-0.2, -0.15) is 0 Å². The first-order valence-corrected chi connectivity index (χ1v) is 5.89. The highest BCUT2D eigenvalue weighted by Crippen LogP contribution is 2.12. The zero-order valence-electron chi connectivity index (χ0n) is 10.6. The summed E-state index contributed by atoms with van der Waals surface area (Å²) in [6, 6.07) is -0.854. The van der Waals surface area contributed by atoms with Crippen molar-refractivity contribution < 1.29 is 9.59 Å². The van der Waals surface area contributed by atoms with Gasteiger partial charge in [-0.15, -0.1) is 0 Å². The molecule has 0 saturated carbocycles. The summed E-state index contributed by atoms with van der Waals surface area (Å²) in [5, 5.41) is 3.03. The Morgan fingerprint density at radius 3 is 2.59 bits per heavy atom. The number of rotatable bonds is 5. The summed E-state index contributed by atoms with van der Waals surface area (Å²) in [6.45, 7) is 4.69. The molecule has 1 aliphatic heterocycles. The van der Waals surface area contributed by atoms with Crippen molar-refractivity contribution in [2.45, 2.75) is 32.4 Å². The van der Waals surface area contributed by atoms with Crippen LogP contribution < -0.4 is 11.1 Å². The van der Waals surface area contributed by atoms with Crippen LogP contribution in [-0.2, 0) is 9.59 Å². The molecule has 0 aromatic carbocycles. The summed E-state index contributed by atoms with van der Waals surface area (Å²) in [4.78, 5) is 24.9. The molecule has 0 saturated heterocycles. The van der Waals surface area contributed by atoms with E-state index in [1.54, 1.807) is 7.05 Å². The van der Waals surface area contributed by atoms with E-state index >= 15 is 0 Å². The first kappa shape index (κ1) is 13.7. The molecule has 0 spiro atoms. The van der Waals surface area contributed by atoms with E-state index in [1.807, 2.05) is 26.0 Å². The fraction of sp³-hybridized carbons (Fsp3) is 0.667. The maximum Gasteiger partial charge on any atom is 0.244 e. The summed E-state index contributed by atoms with van der Waals surface area (Å²) in [5.74, 6) is -0.241. The van der Waals surface area contributed by atoms with Gasteiger partial charge in [-0.3, -0.25) is 14.9 Å². The normalized spacial score (nSPS) is 20.6. The first-order valence-electron chi connectivity index (χ1n) is 5.89. The summed E-state index contributed by atoms with van der Waals surface area (Å²) in [5.41, 5.74) is 5.35. The number of amides is 2.